The van der Waals surface area contributed by atoms with Crippen molar-refractivity contribution in [2.45, 2.75) is 36.8 Å². The number of benzene rings is 4. The Morgan fingerprint density at radius 2 is 1.19 bits per heavy atom. The molecular formula is C33H35BN2Si. The van der Waals surface area contributed by atoms with Gasteiger partial charge in [0.15, 0.2) is 0 Å². The normalized spacial score (nSPS) is 12.9. The number of rotatable bonds is 9. The van der Waals surface area contributed by atoms with Crippen molar-refractivity contribution in [1.29, 1.82) is 0 Å². The van der Waals surface area contributed by atoms with Gasteiger partial charge in [0.25, 0.3) is 0 Å². The van der Waals surface area contributed by atoms with Crippen LogP contribution in [-0.4, -0.2) is 25.8 Å². The Bertz CT molecular complexity index is 1210. The molecule has 1 aliphatic rings. The minimum atomic E-state index is -0.170. The van der Waals surface area contributed by atoms with Crippen molar-refractivity contribution in [3.63, 3.8) is 0 Å². The molecule has 1 aromatic heterocycles. The van der Waals surface area contributed by atoms with E-state index in [-0.39, 0.29) is 9.52 Å². The average Bonchev–Trinajstić information content (AvgIpc) is 3.66. The van der Waals surface area contributed by atoms with Gasteiger partial charge in [-0.2, -0.15) is 0 Å². The first-order valence-corrected chi connectivity index (χ1v) is 15.5. The summed E-state index contributed by atoms with van der Waals surface area (Å²) in [5, 5.41) is 0. The summed E-state index contributed by atoms with van der Waals surface area (Å²) >= 11 is 0. The molecule has 0 spiro atoms. The van der Waals surface area contributed by atoms with Crippen molar-refractivity contribution in [2.75, 3.05) is 0 Å². The smallest absolute Gasteiger partial charge is 0.212 e. The molecule has 4 heteroatoms. The summed E-state index contributed by atoms with van der Waals surface area (Å²) in [7, 11) is -0.170. The second-order valence-electron chi connectivity index (χ2n) is 9.95. The third-order valence-electron chi connectivity index (χ3n) is 7.28. The lowest BCUT2D eigenvalue weighted by atomic mass is 9.37. The van der Waals surface area contributed by atoms with Gasteiger partial charge in [0, 0.05) is 34.0 Å². The quantitative estimate of drug-likeness (QED) is 0.238. The van der Waals surface area contributed by atoms with Gasteiger partial charge in [0.05, 0.1) is 6.33 Å². The zero-order valence-electron chi connectivity index (χ0n) is 21.4. The molecule has 1 aliphatic carbocycles. The van der Waals surface area contributed by atoms with E-state index in [9.17, 15) is 0 Å². The highest BCUT2D eigenvalue weighted by atomic mass is 28.2. The summed E-state index contributed by atoms with van der Waals surface area (Å²) in [6.07, 6.45) is 9.78. The molecule has 37 heavy (non-hydrogen) atoms. The first kappa shape index (κ1) is 25.0. The van der Waals surface area contributed by atoms with Crippen LogP contribution in [0.5, 0.6) is 0 Å². The fourth-order valence-corrected chi connectivity index (χ4v) is 7.17. The maximum Gasteiger partial charge on any atom is 0.212 e. The lowest BCUT2D eigenvalue weighted by Crippen LogP contribution is -2.42. The first-order valence-electron chi connectivity index (χ1n) is 13.5. The van der Waals surface area contributed by atoms with Crippen molar-refractivity contribution in [2.24, 2.45) is 0 Å². The van der Waals surface area contributed by atoms with Crippen LogP contribution >= 0.6 is 0 Å². The molecule has 0 amide bonds. The minimum absolute atomic E-state index is 0.170. The molecule has 0 N–H and O–H groups in total. The molecule has 184 valence electrons. The Kier molecular flexibility index (Phi) is 8.85. The maximum absolute atomic E-state index is 4.12. The second kappa shape index (κ2) is 13.1. The molecule has 1 heterocycles. The predicted molar refractivity (Wildman–Crippen MR) is 161 cm³/mol. The molecule has 0 unspecified atom stereocenters. The van der Waals surface area contributed by atoms with Crippen LogP contribution in [0.2, 0.25) is 11.9 Å². The van der Waals surface area contributed by atoms with Crippen LogP contribution in [-0.2, 0) is 6.17 Å². The Morgan fingerprint density at radius 3 is 1.62 bits per heavy atom. The molecule has 0 radical (unpaired) electrons. The molecule has 4 aromatic carbocycles. The molecule has 0 saturated heterocycles. The van der Waals surface area contributed by atoms with Crippen LogP contribution < -0.4 is 10.9 Å². The van der Waals surface area contributed by atoms with E-state index in [1.165, 1.54) is 40.9 Å². The zero-order chi connectivity index (χ0) is 25.1. The van der Waals surface area contributed by atoms with Crippen molar-refractivity contribution >= 4 is 27.2 Å². The van der Waals surface area contributed by atoms with Crippen LogP contribution in [0, 0.1) is 0 Å². The highest BCUT2D eigenvalue weighted by Crippen LogP contribution is 2.38. The molecule has 1 saturated carbocycles. The monoisotopic (exact) mass is 498 g/mol. The van der Waals surface area contributed by atoms with E-state index >= 15 is 0 Å². The first-order chi connectivity index (χ1) is 18.4. The van der Waals surface area contributed by atoms with E-state index in [1.807, 2.05) is 12.5 Å². The van der Waals surface area contributed by atoms with Gasteiger partial charge in [-0.15, -0.1) is 0 Å². The third kappa shape index (κ3) is 7.21. The van der Waals surface area contributed by atoms with Gasteiger partial charge in [-0.3, -0.25) is 0 Å². The second-order valence-corrected chi connectivity index (χ2v) is 11.7. The van der Waals surface area contributed by atoms with Gasteiger partial charge in [-0.25, -0.2) is 4.98 Å². The molecule has 6 rings (SSSR count). The number of hydrogen-bond acceptors (Lipinski definition) is 1. The van der Waals surface area contributed by atoms with Gasteiger partial charge in [-0.1, -0.05) is 157 Å². The van der Waals surface area contributed by atoms with Crippen LogP contribution in [0.4, 0.5) is 0 Å². The van der Waals surface area contributed by atoms with Gasteiger partial charge >= 0.3 is 0 Å². The molecule has 2 nitrogen and oxygen atoms in total. The van der Waals surface area contributed by atoms with Crippen LogP contribution in [0.1, 0.15) is 29.9 Å². The number of aromatic nitrogens is 2. The largest absolute Gasteiger partial charge is 0.341 e. The molecule has 5 aromatic rings. The van der Waals surface area contributed by atoms with Crippen LogP contribution in [0.25, 0.3) is 0 Å². The average molecular weight is 499 g/mol. The summed E-state index contributed by atoms with van der Waals surface area (Å²) < 4.78 is 2.21. The summed E-state index contributed by atoms with van der Waals surface area (Å²) in [6, 6.07) is 44.9. The van der Waals surface area contributed by atoms with Gasteiger partial charge in [0.1, 0.15) is 0 Å². The minimum Gasteiger partial charge on any atom is -0.341 e. The zero-order valence-corrected chi connectivity index (χ0v) is 22.9. The van der Waals surface area contributed by atoms with E-state index < -0.39 is 0 Å². The van der Waals surface area contributed by atoms with Gasteiger partial charge < -0.3 is 4.57 Å². The highest BCUT2D eigenvalue weighted by Gasteiger charge is 2.36. The summed E-state index contributed by atoms with van der Waals surface area (Å²) in [5.74, 6) is 1.40. The number of nitrogens with zero attached hydrogens (tertiary/aromatic N) is 2. The fourth-order valence-electron chi connectivity index (χ4n) is 5.28. The number of imidazole rings is 1. The van der Waals surface area contributed by atoms with E-state index in [2.05, 4.69) is 137 Å². The summed E-state index contributed by atoms with van der Waals surface area (Å²) in [6.45, 7) is 0.613. The lowest BCUT2D eigenvalue weighted by molar-refractivity contribution is 0.844. The molecular weight excluding hydrogens is 463 g/mol. The van der Waals surface area contributed by atoms with E-state index in [0.717, 1.165) is 12.0 Å². The molecule has 0 atom stereocenters. The topological polar surface area (TPSA) is 17.8 Å². The van der Waals surface area contributed by atoms with E-state index in [4.69, 9.17) is 0 Å². The molecule has 0 bridgehead atoms. The van der Waals surface area contributed by atoms with Crippen molar-refractivity contribution in [1.82, 2.24) is 9.55 Å². The summed E-state index contributed by atoms with van der Waals surface area (Å²) in [4.78, 5) is 4.12. The van der Waals surface area contributed by atoms with Crippen LogP contribution in [0.3, 0.4) is 0 Å². The number of hydrogen-bond donors (Lipinski definition) is 0. The Hall–Kier alpha value is -3.63. The SMILES string of the molecule is c1ccc(B(c2ccccc2)C2CC2)cc1.c1ccc(C(C[SiH2]Cn2ccnc2)c2ccccc2)cc1. The Balaban J connectivity index is 0.000000157. The summed E-state index contributed by atoms with van der Waals surface area (Å²) in [5.41, 5.74) is 5.80. The van der Waals surface area contributed by atoms with Gasteiger partial charge in [-0.05, 0) is 11.1 Å². The molecule has 0 aliphatic heterocycles. The standard InChI is InChI=1S/C18H20N2Si.C15H15B/c1-3-7-16(8-4-1)18(17-9-5-2-6-10-17)13-21-15-20-12-11-19-14-20;1-3-7-13(8-4-1)16(15-11-12-15)14-9-5-2-6-10-14/h1-12,14,18H,13,15,21H2;1-10,15H,11-12H2. The van der Waals surface area contributed by atoms with Gasteiger partial charge in [0.2, 0.25) is 6.71 Å². The molecule has 1 fully saturated rings. The van der Waals surface area contributed by atoms with Crippen LogP contribution in [0.15, 0.2) is 140 Å². The maximum atomic E-state index is 4.12. The fraction of sp³-hybridized carbons (Fsp3) is 0.182. The Labute approximate surface area is 224 Å². The van der Waals surface area contributed by atoms with Crippen molar-refractivity contribution < 1.29 is 0 Å². The van der Waals surface area contributed by atoms with Crippen molar-refractivity contribution in [3.8, 4) is 0 Å². The highest BCUT2D eigenvalue weighted by molar-refractivity contribution is 6.86. The predicted octanol–water partition coefficient (Wildman–Crippen LogP) is 5.72. The van der Waals surface area contributed by atoms with Crippen molar-refractivity contribution in [3.05, 3.63) is 151 Å². The Morgan fingerprint density at radius 1 is 0.703 bits per heavy atom. The van der Waals surface area contributed by atoms with E-state index in [1.54, 1.807) is 0 Å². The lowest BCUT2D eigenvalue weighted by Gasteiger charge is -2.18. The third-order valence-corrected chi connectivity index (χ3v) is 9.10. The van der Waals surface area contributed by atoms with E-state index in [0.29, 0.717) is 12.6 Å².